The zero-order chi connectivity index (χ0) is 16.8. The van der Waals surface area contributed by atoms with Crippen LogP contribution >= 0.6 is 0 Å². The molecule has 3 aromatic rings. The molecule has 0 aliphatic carbocycles. The molecule has 0 bridgehead atoms. The van der Waals surface area contributed by atoms with E-state index in [1.54, 1.807) is 12.1 Å². The zero-order valence-electron chi connectivity index (χ0n) is 13.1. The second-order valence-corrected chi connectivity index (χ2v) is 5.44. The molecule has 0 aliphatic heterocycles. The number of carboxylic acid groups (broad SMARTS) is 1. The van der Waals surface area contributed by atoms with Crippen LogP contribution in [0.4, 0.5) is 0 Å². The van der Waals surface area contributed by atoms with E-state index in [2.05, 4.69) is 9.97 Å². The molecule has 0 saturated heterocycles. The molecule has 1 heterocycles. The van der Waals surface area contributed by atoms with E-state index in [1.165, 1.54) is 0 Å². The quantitative estimate of drug-likeness (QED) is 0.698. The number of para-hydroxylation sites is 1. The van der Waals surface area contributed by atoms with Gasteiger partial charge in [0.25, 0.3) is 0 Å². The first-order valence-corrected chi connectivity index (χ1v) is 7.74. The summed E-state index contributed by atoms with van der Waals surface area (Å²) in [5.41, 5.74) is 2.35. The first-order chi connectivity index (χ1) is 11.7. The van der Waals surface area contributed by atoms with Crippen LogP contribution in [-0.4, -0.2) is 21.0 Å². The van der Waals surface area contributed by atoms with Gasteiger partial charge in [-0.2, -0.15) is 0 Å². The van der Waals surface area contributed by atoms with Crippen LogP contribution in [-0.2, 0) is 19.4 Å². The SMILES string of the molecule is O=C(O)c1ccc(CCc2c[nH]c(COc3ccccc3)n2)cc1. The van der Waals surface area contributed by atoms with Gasteiger partial charge in [0.1, 0.15) is 18.2 Å². The van der Waals surface area contributed by atoms with Crippen molar-refractivity contribution in [3.05, 3.63) is 83.4 Å². The number of imidazole rings is 1. The summed E-state index contributed by atoms with van der Waals surface area (Å²) in [6, 6.07) is 16.6. The third-order valence-corrected chi connectivity index (χ3v) is 3.67. The number of hydrogen-bond acceptors (Lipinski definition) is 3. The summed E-state index contributed by atoms with van der Waals surface area (Å²) < 4.78 is 5.65. The lowest BCUT2D eigenvalue weighted by molar-refractivity contribution is 0.0697. The predicted octanol–water partition coefficient (Wildman–Crippen LogP) is 3.47. The number of ether oxygens (including phenoxy) is 1. The maximum Gasteiger partial charge on any atom is 0.335 e. The number of aromatic amines is 1. The van der Waals surface area contributed by atoms with E-state index in [4.69, 9.17) is 9.84 Å². The minimum absolute atomic E-state index is 0.305. The van der Waals surface area contributed by atoms with E-state index in [-0.39, 0.29) is 0 Å². The number of H-pyrrole nitrogens is 1. The van der Waals surface area contributed by atoms with Crippen LogP contribution in [0.2, 0.25) is 0 Å². The molecule has 0 amide bonds. The van der Waals surface area contributed by atoms with Crippen LogP contribution < -0.4 is 4.74 Å². The minimum atomic E-state index is -0.906. The third-order valence-electron chi connectivity index (χ3n) is 3.67. The summed E-state index contributed by atoms with van der Waals surface area (Å²) in [5.74, 6) is 0.695. The molecule has 0 saturated carbocycles. The van der Waals surface area contributed by atoms with E-state index < -0.39 is 5.97 Å². The number of hydrogen-bond donors (Lipinski definition) is 2. The van der Waals surface area contributed by atoms with Crippen molar-refractivity contribution in [3.63, 3.8) is 0 Å². The van der Waals surface area contributed by atoms with Gasteiger partial charge in [-0.25, -0.2) is 9.78 Å². The van der Waals surface area contributed by atoms with Crippen molar-refractivity contribution >= 4 is 5.97 Å². The van der Waals surface area contributed by atoms with Crippen molar-refractivity contribution in [1.82, 2.24) is 9.97 Å². The molecule has 0 unspecified atom stereocenters. The minimum Gasteiger partial charge on any atom is -0.486 e. The number of nitrogens with one attached hydrogen (secondary N) is 1. The van der Waals surface area contributed by atoms with E-state index in [0.717, 1.165) is 35.7 Å². The summed E-state index contributed by atoms with van der Waals surface area (Å²) in [6.07, 6.45) is 3.48. The summed E-state index contributed by atoms with van der Waals surface area (Å²) in [4.78, 5) is 18.5. The van der Waals surface area contributed by atoms with Crippen molar-refractivity contribution in [1.29, 1.82) is 0 Å². The zero-order valence-corrected chi connectivity index (χ0v) is 13.1. The van der Waals surface area contributed by atoms with Crippen LogP contribution in [0, 0.1) is 0 Å². The molecule has 2 N–H and O–H groups in total. The highest BCUT2D eigenvalue weighted by Gasteiger charge is 2.05. The van der Waals surface area contributed by atoms with Crippen molar-refractivity contribution in [3.8, 4) is 5.75 Å². The number of carbonyl (C=O) groups is 1. The number of rotatable bonds is 7. The maximum atomic E-state index is 10.8. The van der Waals surface area contributed by atoms with Gasteiger partial charge in [0.05, 0.1) is 11.3 Å². The molecule has 5 nitrogen and oxygen atoms in total. The maximum absolute atomic E-state index is 10.8. The van der Waals surface area contributed by atoms with Crippen LogP contribution in [0.15, 0.2) is 60.8 Å². The standard InChI is InChI=1S/C19H18N2O3/c22-19(23)15-9-6-14(7-10-15)8-11-16-12-20-18(21-16)13-24-17-4-2-1-3-5-17/h1-7,9-10,12H,8,11,13H2,(H,20,21)(H,22,23). The molecule has 3 rings (SSSR count). The fourth-order valence-electron chi connectivity index (χ4n) is 2.36. The molecule has 0 atom stereocenters. The van der Waals surface area contributed by atoms with Crippen molar-refractivity contribution in [2.75, 3.05) is 0 Å². The van der Waals surface area contributed by atoms with Crippen LogP contribution in [0.1, 0.15) is 27.4 Å². The Kier molecular flexibility index (Phi) is 4.91. The molecule has 0 spiro atoms. The van der Waals surface area contributed by atoms with Gasteiger partial charge in [-0.15, -0.1) is 0 Å². The summed E-state index contributed by atoms with van der Waals surface area (Å²) >= 11 is 0. The molecule has 2 aromatic carbocycles. The highest BCUT2D eigenvalue weighted by Crippen LogP contribution is 2.12. The Hall–Kier alpha value is -3.08. The normalized spacial score (nSPS) is 10.5. The summed E-state index contributed by atoms with van der Waals surface area (Å²) in [5, 5.41) is 8.89. The Balaban J connectivity index is 1.51. The van der Waals surface area contributed by atoms with Gasteiger partial charge >= 0.3 is 5.97 Å². The number of benzene rings is 2. The topological polar surface area (TPSA) is 75.2 Å². The van der Waals surface area contributed by atoms with Crippen molar-refractivity contribution < 1.29 is 14.6 Å². The second-order valence-electron chi connectivity index (χ2n) is 5.44. The van der Waals surface area contributed by atoms with Gasteiger partial charge in [0.15, 0.2) is 0 Å². The monoisotopic (exact) mass is 322 g/mol. The van der Waals surface area contributed by atoms with E-state index in [9.17, 15) is 4.79 Å². The molecular weight excluding hydrogens is 304 g/mol. The average molecular weight is 322 g/mol. The Labute approximate surface area is 140 Å². The molecule has 24 heavy (non-hydrogen) atoms. The van der Waals surface area contributed by atoms with Gasteiger partial charge in [-0.3, -0.25) is 0 Å². The van der Waals surface area contributed by atoms with Gasteiger partial charge in [0.2, 0.25) is 0 Å². The predicted molar refractivity (Wildman–Crippen MR) is 90.2 cm³/mol. The first-order valence-electron chi connectivity index (χ1n) is 7.74. The Bertz CT molecular complexity index is 795. The largest absolute Gasteiger partial charge is 0.486 e. The van der Waals surface area contributed by atoms with Gasteiger partial charge in [-0.1, -0.05) is 30.3 Å². The van der Waals surface area contributed by atoms with Gasteiger partial charge < -0.3 is 14.8 Å². The molecular formula is C19H18N2O3. The fraction of sp³-hybridized carbons (Fsp3) is 0.158. The van der Waals surface area contributed by atoms with Crippen LogP contribution in [0.5, 0.6) is 5.75 Å². The van der Waals surface area contributed by atoms with Crippen molar-refractivity contribution in [2.24, 2.45) is 0 Å². The summed E-state index contributed by atoms with van der Waals surface area (Å²) in [6.45, 7) is 0.400. The Morgan fingerprint density at radius 3 is 2.50 bits per heavy atom. The molecule has 122 valence electrons. The lowest BCUT2D eigenvalue weighted by Gasteiger charge is -2.03. The molecule has 0 aliphatic rings. The second kappa shape index (κ2) is 7.46. The van der Waals surface area contributed by atoms with E-state index in [0.29, 0.717) is 12.2 Å². The highest BCUT2D eigenvalue weighted by molar-refractivity contribution is 5.87. The Morgan fingerprint density at radius 1 is 1.04 bits per heavy atom. The number of aryl methyl sites for hydroxylation is 2. The smallest absolute Gasteiger partial charge is 0.335 e. The fourth-order valence-corrected chi connectivity index (χ4v) is 2.36. The van der Waals surface area contributed by atoms with Crippen LogP contribution in [0.3, 0.4) is 0 Å². The molecule has 0 radical (unpaired) electrons. The lowest BCUT2D eigenvalue weighted by Crippen LogP contribution is -1.99. The van der Waals surface area contributed by atoms with Crippen molar-refractivity contribution in [2.45, 2.75) is 19.4 Å². The number of carboxylic acids is 1. The lowest BCUT2D eigenvalue weighted by atomic mass is 10.1. The van der Waals surface area contributed by atoms with Crippen LogP contribution in [0.25, 0.3) is 0 Å². The molecule has 5 heteroatoms. The molecule has 1 aromatic heterocycles. The number of aromatic carboxylic acids is 1. The van der Waals surface area contributed by atoms with Gasteiger partial charge in [0, 0.05) is 6.20 Å². The average Bonchev–Trinajstić information content (AvgIpc) is 3.07. The molecule has 0 fully saturated rings. The third kappa shape index (κ3) is 4.23. The summed E-state index contributed by atoms with van der Waals surface area (Å²) in [7, 11) is 0. The number of aromatic nitrogens is 2. The number of nitrogens with zero attached hydrogens (tertiary/aromatic N) is 1. The van der Waals surface area contributed by atoms with E-state index >= 15 is 0 Å². The van der Waals surface area contributed by atoms with E-state index in [1.807, 2.05) is 48.7 Å². The Morgan fingerprint density at radius 2 is 1.79 bits per heavy atom. The first kappa shape index (κ1) is 15.8. The highest BCUT2D eigenvalue weighted by atomic mass is 16.5. The van der Waals surface area contributed by atoms with Gasteiger partial charge in [-0.05, 0) is 42.7 Å².